The molecule has 0 saturated heterocycles. The van der Waals surface area contributed by atoms with Crippen LogP contribution in [0.25, 0.3) is 0 Å². The van der Waals surface area contributed by atoms with Crippen LogP contribution in [0.2, 0.25) is 0 Å². The maximum absolute atomic E-state index is 12.3. The van der Waals surface area contributed by atoms with Gasteiger partial charge in [-0.2, -0.15) is 8.78 Å². The van der Waals surface area contributed by atoms with E-state index in [0.29, 0.717) is 18.4 Å². The van der Waals surface area contributed by atoms with Crippen molar-refractivity contribution >= 4 is 5.97 Å². The number of aromatic carboxylic acids is 1. The molecule has 0 amide bonds. The topological polar surface area (TPSA) is 55.8 Å². The first-order valence-corrected chi connectivity index (χ1v) is 5.39. The Bertz CT molecular complexity index is 432. The van der Waals surface area contributed by atoms with E-state index >= 15 is 0 Å². The average molecular weight is 260 g/mol. The highest BCUT2D eigenvalue weighted by molar-refractivity contribution is 5.92. The number of halogens is 2. The molecule has 0 aromatic heterocycles. The molecule has 0 saturated carbocycles. The minimum absolute atomic E-state index is 0.0475. The molecule has 1 N–H and O–H groups in total. The number of ether oxygens (including phenoxy) is 2. The van der Waals surface area contributed by atoms with Crippen molar-refractivity contribution in [3.05, 3.63) is 23.3 Å². The number of hydrogen-bond acceptors (Lipinski definition) is 3. The van der Waals surface area contributed by atoms with Gasteiger partial charge >= 0.3 is 12.6 Å². The summed E-state index contributed by atoms with van der Waals surface area (Å²) < 4.78 is 33.9. The molecule has 1 aromatic rings. The predicted molar refractivity (Wildman–Crippen MR) is 60.6 cm³/mol. The molecule has 0 atom stereocenters. The number of alkyl halides is 2. The van der Waals surface area contributed by atoms with E-state index in [1.807, 2.05) is 6.92 Å². The zero-order chi connectivity index (χ0) is 13.7. The summed E-state index contributed by atoms with van der Waals surface area (Å²) in [6.45, 7) is -1.11. The summed E-state index contributed by atoms with van der Waals surface area (Å²) in [6.07, 6.45) is 1.05. The van der Waals surface area contributed by atoms with Crippen LogP contribution in [0.4, 0.5) is 8.78 Å². The molecule has 1 rings (SSSR count). The van der Waals surface area contributed by atoms with Gasteiger partial charge in [-0.25, -0.2) is 4.79 Å². The molecule has 1 aromatic carbocycles. The van der Waals surface area contributed by atoms with Crippen molar-refractivity contribution in [1.82, 2.24) is 0 Å². The largest absolute Gasteiger partial charge is 0.495 e. The first kappa shape index (κ1) is 14.2. The van der Waals surface area contributed by atoms with Crippen molar-refractivity contribution in [2.45, 2.75) is 26.4 Å². The lowest BCUT2D eigenvalue weighted by Gasteiger charge is -2.15. The van der Waals surface area contributed by atoms with Crippen LogP contribution >= 0.6 is 0 Å². The van der Waals surface area contributed by atoms with Crippen LogP contribution in [0.3, 0.4) is 0 Å². The SMILES string of the molecule is CCCc1c(OC(F)F)ccc(C(=O)O)c1OC. The monoisotopic (exact) mass is 260 g/mol. The molecular formula is C12H14F2O4. The fourth-order valence-corrected chi connectivity index (χ4v) is 1.70. The summed E-state index contributed by atoms with van der Waals surface area (Å²) in [5, 5.41) is 8.99. The van der Waals surface area contributed by atoms with E-state index in [9.17, 15) is 13.6 Å². The standard InChI is InChI=1S/C12H14F2O4/c1-3-4-7-9(18-12(13)14)6-5-8(11(15)16)10(7)17-2/h5-6,12H,3-4H2,1-2H3,(H,15,16). The maximum Gasteiger partial charge on any atom is 0.387 e. The highest BCUT2D eigenvalue weighted by atomic mass is 19.3. The van der Waals surface area contributed by atoms with Gasteiger partial charge in [0.25, 0.3) is 0 Å². The Balaban J connectivity index is 3.32. The van der Waals surface area contributed by atoms with E-state index in [-0.39, 0.29) is 17.1 Å². The molecule has 0 aliphatic heterocycles. The van der Waals surface area contributed by atoms with Crippen LogP contribution in [-0.2, 0) is 6.42 Å². The van der Waals surface area contributed by atoms with E-state index in [0.717, 1.165) is 0 Å². The number of rotatable bonds is 6. The first-order valence-electron chi connectivity index (χ1n) is 5.39. The molecule has 0 bridgehead atoms. The fourth-order valence-electron chi connectivity index (χ4n) is 1.70. The minimum Gasteiger partial charge on any atom is -0.495 e. The van der Waals surface area contributed by atoms with Gasteiger partial charge in [-0.15, -0.1) is 0 Å². The van der Waals surface area contributed by atoms with Crippen LogP contribution in [0, 0.1) is 0 Å². The summed E-state index contributed by atoms with van der Waals surface area (Å²) in [6, 6.07) is 2.42. The van der Waals surface area contributed by atoms with Crippen molar-refractivity contribution in [3.8, 4) is 11.5 Å². The van der Waals surface area contributed by atoms with Gasteiger partial charge in [-0.3, -0.25) is 0 Å². The summed E-state index contributed by atoms with van der Waals surface area (Å²) in [7, 11) is 1.30. The predicted octanol–water partition coefficient (Wildman–Crippen LogP) is 2.95. The molecule has 6 heteroatoms. The van der Waals surface area contributed by atoms with Gasteiger partial charge in [-0.05, 0) is 18.6 Å². The Morgan fingerprint density at radius 3 is 2.56 bits per heavy atom. The van der Waals surface area contributed by atoms with E-state index in [2.05, 4.69) is 4.74 Å². The Labute approximate surface area is 103 Å². The lowest BCUT2D eigenvalue weighted by atomic mass is 10.0. The molecule has 0 radical (unpaired) electrons. The normalized spacial score (nSPS) is 10.5. The van der Waals surface area contributed by atoms with E-state index in [1.165, 1.54) is 19.2 Å². The molecule has 18 heavy (non-hydrogen) atoms. The molecule has 0 spiro atoms. The third kappa shape index (κ3) is 3.09. The molecular weight excluding hydrogens is 246 g/mol. The van der Waals surface area contributed by atoms with E-state index < -0.39 is 12.6 Å². The number of hydrogen-bond donors (Lipinski definition) is 1. The zero-order valence-corrected chi connectivity index (χ0v) is 10.1. The molecule has 0 aliphatic rings. The molecule has 0 heterocycles. The third-order valence-electron chi connectivity index (χ3n) is 2.37. The first-order chi connectivity index (χ1) is 8.51. The number of carboxylic acids is 1. The Kier molecular flexibility index (Phi) is 4.88. The van der Waals surface area contributed by atoms with Crippen molar-refractivity contribution in [2.75, 3.05) is 7.11 Å². The minimum atomic E-state index is -2.96. The molecule has 100 valence electrons. The third-order valence-corrected chi connectivity index (χ3v) is 2.37. The smallest absolute Gasteiger partial charge is 0.387 e. The van der Waals surface area contributed by atoms with E-state index in [4.69, 9.17) is 9.84 Å². The quantitative estimate of drug-likeness (QED) is 0.854. The number of methoxy groups -OCH3 is 1. The summed E-state index contributed by atoms with van der Waals surface area (Å²) in [5.74, 6) is -1.15. The zero-order valence-electron chi connectivity index (χ0n) is 10.1. The van der Waals surface area contributed by atoms with Crippen molar-refractivity contribution < 1.29 is 28.2 Å². The summed E-state index contributed by atoms with van der Waals surface area (Å²) in [5.41, 5.74) is 0.280. The van der Waals surface area contributed by atoms with Gasteiger partial charge in [-0.1, -0.05) is 13.3 Å². The second kappa shape index (κ2) is 6.18. The lowest BCUT2D eigenvalue weighted by molar-refractivity contribution is -0.0505. The summed E-state index contributed by atoms with van der Waals surface area (Å²) in [4.78, 5) is 11.0. The number of carboxylic acid groups (broad SMARTS) is 1. The summed E-state index contributed by atoms with van der Waals surface area (Å²) >= 11 is 0. The molecule has 0 fully saturated rings. The Hall–Kier alpha value is -1.85. The molecule has 4 nitrogen and oxygen atoms in total. The maximum atomic E-state index is 12.3. The fraction of sp³-hybridized carbons (Fsp3) is 0.417. The number of carbonyl (C=O) groups is 1. The van der Waals surface area contributed by atoms with Crippen LogP contribution in [0.15, 0.2) is 12.1 Å². The van der Waals surface area contributed by atoms with Gasteiger partial charge in [0.15, 0.2) is 0 Å². The molecule has 0 aliphatic carbocycles. The Morgan fingerprint density at radius 1 is 1.44 bits per heavy atom. The molecule has 0 unspecified atom stereocenters. The van der Waals surface area contributed by atoms with Gasteiger partial charge in [0.1, 0.15) is 17.1 Å². The van der Waals surface area contributed by atoms with Gasteiger partial charge in [0.05, 0.1) is 7.11 Å². The second-order valence-electron chi connectivity index (χ2n) is 3.56. The van der Waals surface area contributed by atoms with Crippen LogP contribution < -0.4 is 9.47 Å². The van der Waals surface area contributed by atoms with Gasteiger partial charge in [0.2, 0.25) is 0 Å². The van der Waals surface area contributed by atoms with Crippen molar-refractivity contribution in [2.24, 2.45) is 0 Å². The van der Waals surface area contributed by atoms with Crippen molar-refractivity contribution in [1.29, 1.82) is 0 Å². The van der Waals surface area contributed by atoms with Crippen LogP contribution in [0.1, 0.15) is 29.3 Å². The van der Waals surface area contributed by atoms with Crippen LogP contribution in [0.5, 0.6) is 11.5 Å². The van der Waals surface area contributed by atoms with Crippen molar-refractivity contribution in [3.63, 3.8) is 0 Å². The number of benzene rings is 1. The van der Waals surface area contributed by atoms with Gasteiger partial charge < -0.3 is 14.6 Å². The second-order valence-corrected chi connectivity index (χ2v) is 3.56. The highest BCUT2D eigenvalue weighted by Crippen LogP contribution is 2.34. The average Bonchev–Trinajstić information content (AvgIpc) is 2.30. The Morgan fingerprint density at radius 2 is 2.11 bits per heavy atom. The highest BCUT2D eigenvalue weighted by Gasteiger charge is 2.20. The lowest BCUT2D eigenvalue weighted by Crippen LogP contribution is -2.09. The van der Waals surface area contributed by atoms with Crippen LogP contribution in [-0.4, -0.2) is 24.8 Å². The van der Waals surface area contributed by atoms with E-state index in [1.54, 1.807) is 0 Å². The van der Waals surface area contributed by atoms with Gasteiger partial charge in [0, 0.05) is 5.56 Å².